The second-order valence-corrected chi connectivity index (χ2v) is 8.95. The van der Waals surface area contributed by atoms with Crippen LogP contribution in [-0.2, 0) is 22.6 Å². The Morgan fingerprint density at radius 1 is 0.941 bits per heavy atom. The van der Waals surface area contributed by atoms with E-state index in [-0.39, 0.29) is 25.0 Å². The van der Waals surface area contributed by atoms with Gasteiger partial charge in [-0.05, 0) is 60.4 Å². The lowest BCUT2D eigenvalue weighted by Crippen LogP contribution is -2.51. The first kappa shape index (κ1) is 25.6. The summed E-state index contributed by atoms with van der Waals surface area (Å²) in [5, 5.41) is 3.93. The van der Waals surface area contributed by atoms with E-state index in [1.807, 2.05) is 56.3 Å². The van der Waals surface area contributed by atoms with Gasteiger partial charge in [0, 0.05) is 30.1 Å². The van der Waals surface area contributed by atoms with Crippen molar-refractivity contribution >= 4 is 35.0 Å². The van der Waals surface area contributed by atoms with E-state index in [2.05, 4.69) is 5.32 Å². The predicted octanol–water partition coefficient (Wildman–Crippen LogP) is 5.38. The van der Waals surface area contributed by atoms with E-state index in [4.69, 9.17) is 27.9 Å². The molecule has 1 atom stereocenters. The molecule has 3 rings (SSSR count). The normalized spacial score (nSPS) is 11.6. The van der Waals surface area contributed by atoms with E-state index in [0.29, 0.717) is 22.2 Å². The number of benzene rings is 3. The van der Waals surface area contributed by atoms with Crippen molar-refractivity contribution in [3.63, 3.8) is 0 Å². The topological polar surface area (TPSA) is 58.6 Å². The van der Waals surface area contributed by atoms with Gasteiger partial charge in [0.2, 0.25) is 5.91 Å². The lowest BCUT2D eigenvalue weighted by molar-refractivity contribution is -0.142. The van der Waals surface area contributed by atoms with E-state index in [0.717, 1.165) is 22.3 Å². The molecule has 0 aliphatic heterocycles. The van der Waals surface area contributed by atoms with Crippen molar-refractivity contribution < 1.29 is 14.3 Å². The molecule has 0 fully saturated rings. The van der Waals surface area contributed by atoms with Crippen LogP contribution in [0.25, 0.3) is 0 Å². The average Bonchev–Trinajstić information content (AvgIpc) is 2.83. The highest BCUT2D eigenvalue weighted by Crippen LogP contribution is 2.26. The van der Waals surface area contributed by atoms with Crippen LogP contribution in [0.3, 0.4) is 0 Å². The highest BCUT2D eigenvalue weighted by Gasteiger charge is 2.30. The summed E-state index contributed by atoms with van der Waals surface area (Å²) in [4.78, 5) is 27.9. The van der Waals surface area contributed by atoms with Gasteiger partial charge in [0.15, 0.2) is 6.61 Å². The smallest absolute Gasteiger partial charge is 0.261 e. The molecule has 0 aromatic heterocycles. The number of halogens is 2. The lowest BCUT2D eigenvalue weighted by atomic mass is 10.0. The van der Waals surface area contributed by atoms with Crippen molar-refractivity contribution in [1.82, 2.24) is 10.2 Å². The number of hydrogen-bond acceptors (Lipinski definition) is 3. The zero-order chi connectivity index (χ0) is 24.7. The van der Waals surface area contributed by atoms with Crippen LogP contribution in [0, 0.1) is 13.8 Å². The molecule has 7 heteroatoms. The number of aryl methyl sites for hydroxylation is 2. The molecule has 0 heterocycles. The number of carbonyl (C=O) groups is 2. The zero-order valence-corrected chi connectivity index (χ0v) is 21.0. The minimum absolute atomic E-state index is 0.215. The fraction of sp³-hybridized carbons (Fsp3) is 0.259. The fourth-order valence-electron chi connectivity index (χ4n) is 3.77. The van der Waals surface area contributed by atoms with Crippen molar-refractivity contribution in [1.29, 1.82) is 0 Å². The first-order chi connectivity index (χ1) is 16.3. The molecule has 3 aromatic rings. The molecule has 2 amide bonds. The number of ether oxygens (including phenoxy) is 1. The molecule has 5 nitrogen and oxygen atoms in total. The number of likely N-dealkylation sites (N-methyl/N-ethyl adjacent to an activating group) is 1. The summed E-state index contributed by atoms with van der Waals surface area (Å²) in [6.07, 6.45) is 0.367. The Hall–Kier alpha value is -3.02. The number of nitrogens with one attached hydrogen (secondary N) is 1. The van der Waals surface area contributed by atoms with Crippen LogP contribution in [0.1, 0.15) is 22.3 Å². The molecule has 3 aromatic carbocycles. The summed E-state index contributed by atoms with van der Waals surface area (Å²) in [5.41, 5.74) is 3.50. The highest BCUT2D eigenvalue weighted by atomic mass is 35.5. The second-order valence-electron chi connectivity index (χ2n) is 8.13. The summed E-state index contributed by atoms with van der Waals surface area (Å²) in [7, 11) is 1.57. The quantitative estimate of drug-likeness (QED) is 0.431. The number of nitrogens with zero attached hydrogens (tertiary/aromatic N) is 1. The molecule has 0 radical (unpaired) electrons. The van der Waals surface area contributed by atoms with E-state index in [1.54, 1.807) is 36.2 Å². The minimum Gasteiger partial charge on any atom is -0.484 e. The van der Waals surface area contributed by atoms with Crippen molar-refractivity contribution in [2.45, 2.75) is 32.9 Å². The van der Waals surface area contributed by atoms with Crippen LogP contribution >= 0.6 is 23.2 Å². The third-order valence-corrected chi connectivity index (χ3v) is 6.36. The molecule has 0 saturated heterocycles. The Kier molecular flexibility index (Phi) is 8.97. The number of amides is 2. The molecule has 0 spiro atoms. The fourth-order valence-corrected chi connectivity index (χ4v) is 4.09. The summed E-state index contributed by atoms with van der Waals surface area (Å²) in [6.45, 7) is 3.77. The van der Waals surface area contributed by atoms with Gasteiger partial charge in [0.25, 0.3) is 5.91 Å². The third kappa shape index (κ3) is 6.75. The van der Waals surface area contributed by atoms with Gasteiger partial charge in [-0.15, -0.1) is 0 Å². The molecule has 1 N–H and O–H groups in total. The molecule has 178 valence electrons. The number of hydrogen-bond donors (Lipinski definition) is 1. The Morgan fingerprint density at radius 3 is 2.21 bits per heavy atom. The van der Waals surface area contributed by atoms with Crippen LogP contribution in [0.2, 0.25) is 10.0 Å². The van der Waals surface area contributed by atoms with E-state index in [9.17, 15) is 9.59 Å². The molecule has 0 aliphatic carbocycles. The molecule has 0 saturated carbocycles. The minimum atomic E-state index is -0.726. The van der Waals surface area contributed by atoms with Crippen LogP contribution in [-0.4, -0.2) is 36.4 Å². The Bertz CT molecular complexity index is 1130. The molecule has 34 heavy (non-hydrogen) atoms. The first-order valence-electron chi connectivity index (χ1n) is 11.0. The molecular weight excluding hydrogens is 471 g/mol. The second kappa shape index (κ2) is 11.9. The molecule has 0 aliphatic rings. The standard InChI is InChI=1S/C27H28Cl2N2O3/c1-18-12-23(13-19(2)26(18)29)34-17-25(32)31(16-21-10-7-11-22(28)14-21)24(27(33)30-3)15-20-8-5-4-6-9-20/h4-14,24H,15-17H2,1-3H3,(H,30,33). The largest absolute Gasteiger partial charge is 0.484 e. The summed E-state index contributed by atoms with van der Waals surface area (Å²) in [6, 6.07) is 19.7. The Balaban J connectivity index is 1.89. The van der Waals surface area contributed by atoms with Gasteiger partial charge in [-0.3, -0.25) is 9.59 Å². The van der Waals surface area contributed by atoms with Gasteiger partial charge < -0.3 is 15.0 Å². The van der Waals surface area contributed by atoms with Crippen molar-refractivity contribution in [3.05, 3.63) is 99.0 Å². The van der Waals surface area contributed by atoms with Crippen molar-refractivity contribution in [3.8, 4) is 5.75 Å². The Labute approximate surface area is 210 Å². The zero-order valence-electron chi connectivity index (χ0n) is 19.5. The number of carbonyl (C=O) groups excluding carboxylic acids is 2. The maximum atomic E-state index is 13.5. The summed E-state index contributed by atoms with van der Waals surface area (Å²) < 4.78 is 5.83. The lowest BCUT2D eigenvalue weighted by Gasteiger charge is -2.31. The monoisotopic (exact) mass is 498 g/mol. The average molecular weight is 499 g/mol. The van der Waals surface area contributed by atoms with Crippen molar-refractivity contribution in [2.75, 3.05) is 13.7 Å². The van der Waals surface area contributed by atoms with E-state index in [1.165, 1.54) is 0 Å². The summed E-state index contributed by atoms with van der Waals surface area (Å²) in [5.74, 6) is -0.0119. The van der Waals surface area contributed by atoms with Crippen molar-refractivity contribution in [2.24, 2.45) is 0 Å². The highest BCUT2D eigenvalue weighted by molar-refractivity contribution is 6.32. The Morgan fingerprint density at radius 2 is 1.59 bits per heavy atom. The van der Waals surface area contributed by atoms with E-state index >= 15 is 0 Å². The predicted molar refractivity (Wildman–Crippen MR) is 136 cm³/mol. The van der Waals surface area contributed by atoms with E-state index < -0.39 is 6.04 Å². The molecule has 1 unspecified atom stereocenters. The van der Waals surface area contributed by atoms with Gasteiger partial charge in [-0.1, -0.05) is 65.7 Å². The third-order valence-electron chi connectivity index (χ3n) is 5.53. The van der Waals surface area contributed by atoms with Gasteiger partial charge in [-0.2, -0.15) is 0 Å². The SMILES string of the molecule is CNC(=O)C(Cc1ccccc1)N(Cc1cccc(Cl)c1)C(=O)COc1cc(C)c(Cl)c(C)c1. The van der Waals surface area contributed by atoms with Crippen LogP contribution in [0.4, 0.5) is 0 Å². The van der Waals surface area contributed by atoms with Crippen LogP contribution < -0.4 is 10.1 Å². The van der Waals surface area contributed by atoms with Crippen LogP contribution in [0.15, 0.2) is 66.7 Å². The molecule has 0 bridgehead atoms. The van der Waals surface area contributed by atoms with Gasteiger partial charge in [-0.25, -0.2) is 0 Å². The van der Waals surface area contributed by atoms with Crippen LogP contribution in [0.5, 0.6) is 5.75 Å². The summed E-state index contributed by atoms with van der Waals surface area (Å²) >= 11 is 12.4. The molecular formula is C27H28Cl2N2O3. The van der Waals surface area contributed by atoms with Gasteiger partial charge in [0.05, 0.1) is 0 Å². The maximum absolute atomic E-state index is 13.5. The van der Waals surface area contributed by atoms with Gasteiger partial charge >= 0.3 is 0 Å². The first-order valence-corrected chi connectivity index (χ1v) is 11.7. The van der Waals surface area contributed by atoms with Gasteiger partial charge in [0.1, 0.15) is 11.8 Å². The maximum Gasteiger partial charge on any atom is 0.261 e. The number of rotatable bonds is 9.